The maximum absolute atomic E-state index is 14.3. The van der Waals surface area contributed by atoms with Crippen LogP contribution >= 0.6 is 0 Å². The van der Waals surface area contributed by atoms with E-state index in [0.717, 1.165) is 71.6 Å². The zero-order chi connectivity index (χ0) is 35.2. The molecule has 11 aromatic rings. The summed E-state index contributed by atoms with van der Waals surface area (Å²) < 4.78 is 5.36. The highest BCUT2D eigenvalue weighted by molar-refractivity contribution is 6.14. The molecule has 0 aliphatic rings. The quantitative estimate of drug-likeness (QED) is 0.186. The van der Waals surface area contributed by atoms with Crippen molar-refractivity contribution in [2.24, 2.45) is 0 Å². The number of hydrogen-bond donors (Lipinski definition) is 0. The Kier molecular flexibility index (Phi) is 6.19. The highest BCUT2D eigenvalue weighted by Gasteiger charge is 2.22. The third-order valence-electron chi connectivity index (χ3n) is 10.8. The van der Waals surface area contributed by atoms with Gasteiger partial charge in [0, 0.05) is 16.5 Å². The number of benzene rings is 8. The largest absolute Gasteiger partial charge is 0.309 e. The van der Waals surface area contributed by atoms with E-state index in [1.807, 2.05) is 71.2 Å². The molecule has 0 saturated carbocycles. The fourth-order valence-corrected chi connectivity index (χ4v) is 8.33. The maximum atomic E-state index is 14.3. The molecule has 0 atom stereocenters. The second-order valence-electron chi connectivity index (χ2n) is 13.7. The Morgan fingerprint density at radius 1 is 0.321 bits per heavy atom. The summed E-state index contributed by atoms with van der Waals surface area (Å²) in [5, 5.41) is 5.05. The Balaban J connectivity index is 1.19. The third kappa shape index (κ3) is 4.31. The summed E-state index contributed by atoms with van der Waals surface area (Å²) in [6, 6.07) is 60.3. The molecule has 0 unspecified atom stereocenters. The topological polar surface area (TPSA) is 47.9 Å². The van der Waals surface area contributed by atoms with E-state index in [1.165, 1.54) is 4.52 Å². The minimum atomic E-state index is -0.322. The van der Waals surface area contributed by atoms with Gasteiger partial charge in [-0.3, -0.25) is 9.59 Å². The second kappa shape index (κ2) is 11.1. The Morgan fingerprint density at radius 3 is 1.53 bits per heavy atom. The van der Waals surface area contributed by atoms with Crippen molar-refractivity contribution in [1.82, 2.24) is 13.6 Å². The van der Waals surface area contributed by atoms with Crippen molar-refractivity contribution in [3.05, 3.63) is 197 Å². The van der Waals surface area contributed by atoms with Crippen LogP contribution in [0.15, 0.2) is 186 Å². The first kappa shape index (κ1) is 29.5. The van der Waals surface area contributed by atoms with Crippen LogP contribution in [0.2, 0.25) is 0 Å². The summed E-state index contributed by atoms with van der Waals surface area (Å²) in [4.78, 5) is 28.5. The lowest BCUT2D eigenvalue weighted by atomic mass is 9.91. The molecule has 3 heterocycles. The average molecular weight is 680 g/mol. The average Bonchev–Trinajstić information content (AvgIpc) is 3.81. The standard InChI is InChI=1S/C48H29N3O2/c52-47-41-26-34-24-38(31-15-6-2-7-16-31)39(32-17-8-3-9-18-32)25-35(34)27-45(41)50-46-28-40-37-21-10-11-22-43(37)49(44(40)29-42(46)48(53)51(47)50)36-20-12-19-33(23-36)30-13-4-1-5-14-30/h1-29H. The molecular weight excluding hydrogens is 651 g/mol. The van der Waals surface area contributed by atoms with Crippen LogP contribution in [0, 0.1) is 0 Å². The van der Waals surface area contributed by atoms with Gasteiger partial charge in [0.15, 0.2) is 0 Å². The third-order valence-corrected chi connectivity index (χ3v) is 10.8. The van der Waals surface area contributed by atoms with Crippen molar-refractivity contribution in [3.8, 4) is 39.1 Å². The molecule has 0 aliphatic heterocycles. The number of fused-ring (bicyclic) bond motifs is 9. The predicted octanol–water partition coefficient (Wildman–Crippen LogP) is 10.8. The van der Waals surface area contributed by atoms with E-state index in [-0.39, 0.29) is 11.1 Å². The molecule has 53 heavy (non-hydrogen) atoms. The van der Waals surface area contributed by atoms with Gasteiger partial charge in [0.1, 0.15) is 0 Å². The number of aromatic nitrogens is 3. The molecule has 0 amide bonds. The smallest absolute Gasteiger partial charge is 0.282 e. The van der Waals surface area contributed by atoms with Gasteiger partial charge in [-0.05, 0) is 98.8 Å². The first-order valence-corrected chi connectivity index (χ1v) is 17.8. The first-order valence-electron chi connectivity index (χ1n) is 17.8. The summed E-state index contributed by atoms with van der Waals surface area (Å²) in [5.74, 6) is 0. The van der Waals surface area contributed by atoms with Crippen LogP contribution in [0.1, 0.15) is 0 Å². The van der Waals surface area contributed by atoms with Gasteiger partial charge in [-0.1, -0.05) is 121 Å². The Bertz CT molecular complexity index is 3360. The van der Waals surface area contributed by atoms with Crippen LogP contribution in [-0.4, -0.2) is 13.6 Å². The molecular formula is C48H29N3O2. The van der Waals surface area contributed by atoms with E-state index in [9.17, 15) is 9.59 Å². The Labute approximate surface area is 302 Å². The fraction of sp³-hybridized carbons (Fsp3) is 0. The van der Waals surface area contributed by atoms with Crippen LogP contribution in [0.4, 0.5) is 0 Å². The van der Waals surface area contributed by atoms with Gasteiger partial charge in [-0.2, -0.15) is 4.52 Å². The van der Waals surface area contributed by atoms with E-state index in [2.05, 4.69) is 114 Å². The zero-order valence-corrected chi connectivity index (χ0v) is 28.4. The highest BCUT2D eigenvalue weighted by atomic mass is 16.2. The van der Waals surface area contributed by atoms with E-state index < -0.39 is 0 Å². The number of hydrogen-bond acceptors (Lipinski definition) is 2. The van der Waals surface area contributed by atoms with Crippen LogP contribution in [0.25, 0.3) is 93.5 Å². The molecule has 0 bridgehead atoms. The van der Waals surface area contributed by atoms with Gasteiger partial charge in [0.25, 0.3) is 11.1 Å². The monoisotopic (exact) mass is 679 g/mol. The molecule has 0 saturated heterocycles. The summed E-state index contributed by atoms with van der Waals surface area (Å²) in [7, 11) is 0. The normalized spacial score (nSPS) is 11.9. The minimum absolute atomic E-state index is 0.315. The van der Waals surface area contributed by atoms with Crippen LogP contribution < -0.4 is 11.1 Å². The minimum Gasteiger partial charge on any atom is -0.309 e. The summed E-state index contributed by atoms with van der Waals surface area (Å²) in [6.07, 6.45) is 0. The zero-order valence-electron chi connectivity index (χ0n) is 28.4. The first-order chi connectivity index (χ1) is 26.1. The molecule has 0 N–H and O–H groups in total. The molecule has 0 spiro atoms. The Hall–Kier alpha value is -7.24. The lowest BCUT2D eigenvalue weighted by molar-refractivity contribution is 0.841. The molecule has 8 aromatic carbocycles. The van der Waals surface area contributed by atoms with Crippen molar-refractivity contribution in [3.63, 3.8) is 0 Å². The molecule has 248 valence electrons. The highest BCUT2D eigenvalue weighted by Crippen LogP contribution is 2.38. The van der Waals surface area contributed by atoms with Gasteiger partial charge < -0.3 is 4.57 Å². The van der Waals surface area contributed by atoms with Gasteiger partial charge >= 0.3 is 0 Å². The SMILES string of the molecule is O=c1c2cc3cc(-c4ccccc4)c(-c4ccccc4)cc3cc2n2c3cc4c5ccccc5n(-c5cccc(-c6ccccc6)c5)c4cc3c(=O)n12. The maximum Gasteiger partial charge on any atom is 0.282 e. The molecule has 0 fully saturated rings. The Morgan fingerprint density at radius 2 is 0.849 bits per heavy atom. The van der Waals surface area contributed by atoms with Gasteiger partial charge in [0.2, 0.25) is 0 Å². The second-order valence-corrected chi connectivity index (χ2v) is 13.7. The van der Waals surface area contributed by atoms with Crippen LogP contribution in [-0.2, 0) is 0 Å². The van der Waals surface area contributed by atoms with E-state index in [4.69, 9.17) is 0 Å². The van der Waals surface area contributed by atoms with Crippen molar-refractivity contribution < 1.29 is 0 Å². The molecule has 0 aliphatic carbocycles. The number of para-hydroxylation sites is 1. The molecule has 0 radical (unpaired) electrons. The molecule has 3 aromatic heterocycles. The van der Waals surface area contributed by atoms with Gasteiger partial charge in [-0.15, -0.1) is 0 Å². The lowest BCUT2D eigenvalue weighted by Gasteiger charge is -2.13. The van der Waals surface area contributed by atoms with E-state index in [1.54, 1.807) is 0 Å². The predicted molar refractivity (Wildman–Crippen MR) is 218 cm³/mol. The van der Waals surface area contributed by atoms with Crippen LogP contribution in [0.5, 0.6) is 0 Å². The molecule has 5 nitrogen and oxygen atoms in total. The van der Waals surface area contributed by atoms with Crippen molar-refractivity contribution in [1.29, 1.82) is 0 Å². The summed E-state index contributed by atoms with van der Waals surface area (Å²) >= 11 is 0. The number of rotatable bonds is 4. The summed E-state index contributed by atoms with van der Waals surface area (Å²) in [5.41, 5.74) is 10.4. The van der Waals surface area contributed by atoms with Gasteiger partial charge in [0.05, 0.1) is 32.8 Å². The van der Waals surface area contributed by atoms with Crippen LogP contribution in [0.3, 0.4) is 0 Å². The number of nitrogens with zero attached hydrogens (tertiary/aromatic N) is 3. The van der Waals surface area contributed by atoms with Crippen molar-refractivity contribution in [2.45, 2.75) is 0 Å². The fourth-order valence-electron chi connectivity index (χ4n) is 8.33. The van der Waals surface area contributed by atoms with E-state index >= 15 is 0 Å². The lowest BCUT2D eigenvalue weighted by Crippen LogP contribution is -2.21. The van der Waals surface area contributed by atoms with Crippen molar-refractivity contribution >= 4 is 54.4 Å². The molecule has 11 rings (SSSR count). The van der Waals surface area contributed by atoms with E-state index in [0.29, 0.717) is 21.8 Å². The van der Waals surface area contributed by atoms with Crippen molar-refractivity contribution in [2.75, 3.05) is 0 Å². The molecule has 5 heteroatoms. The summed E-state index contributed by atoms with van der Waals surface area (Å²) in [6.45, 7) is 0. The van der Waals surface area contributed by atoms with Gasteiger partial charge in [-0.25, -0.2) is 4.52 Å².